The first-order valence-electron chi connectivity index (χ1n) is 5.24. The molecule has 1 aliphatic rings. The minimum atomic E-state index is 0.476. The molecule has 0 unspecified atom stereocenters. The van der Waals surface area contributed by atoms with Crippen LogP contribution in [0.2, 0.25) is 0 Å². The Bertz CT molecular complexity index is 286. The molecule has 1 atom stereocenters. The van der Waals surface area contributed by atoms with Crippen molar-refractivity contribution >= 4 is 6.21 Å². The van der Waals surface area contributed by atoms with Crippen molar-refractivity contribution in [1.29, 1.82) is 0 Å². The second kappa shape index (κ2) is 4.91. The second-order valence-corrected chi connectivity index (χ2v) is 3.69. The van der Waals surface area contributed by atoms with Gasteiger partial charge in [0, 0.05) is 12.8 Å². The number of piperidine rings is 1. The molecule has 1 fully saturated rings. The van der Waals surface area contributed by atoms with Crippen molar-refractivity contribution in [3.8, 4) is 0 Å². The van der Waals surface area contributed by atoms with Gasteiger partial charge in [0.05, 0.1) is 6.04 Å². The standard InChI is InChI=1S/C12H16N2/c1-2-5-11(6-3-1)9-14-12-7-4-8-13-10-12/h1-3,5-6,9,12-13H,4,7-8,10H2/b14-9+/t12-/m1/s1. The quantitative estimate of drug-likeness (QED) is 0.704. The largest absolute Gasteiger partial charge is 0.315 e. The lowest BCUT2D eigenvalue weighted by Crippen LogP contribution is -2.32. The van der Waals surface area contributed by atoms with Gasteiger partial charge in [-0.25, -0.2) is 0 Å². The summed E-state index contributed by atoms with van der Waals surface area (Å²) in [5, 5.41) is 3.36. The molecule has 1 saturated heterocycles. The summed E-state index contributed by atoms with van der Waals surface area (Å²) in [6.07, 6.45) is 4.45. The van der Waals surface area contributed by atoms with E-state index in [-0.39, 0.29) is 0 Å². The fourth-order valence-electron chi connectivity index (χ4n) is 1.69. The average molecular weight is 188 g/mol. The van der Waals surface area contributed by atoms with Gasteiger partial charge in [-0.3, -0.25) is 4.99 Å². The van der Waals surface area contributed by atoms with Gasteiger partial charge < -0.3 is 5.32 Å². The van der Waals surface area contributed by atoms with E-state index in [1.807, 2.05) is 24.4 Å². The van der Waals surface area contributed by atoms with Crippen LogP contribution < -0.4 is 5.32 Å². The molecule has 2 heteroatoms. The lowest BCUT2D eigenvalue weighted by Gasteiger charge is -2.18. The molecular weight excluding hydrogens is 172 g/mol. The summed E-state index contributed by atoms with van der Waals surface area (Å²) in [7, 11) is 0. The Morgan fingerprint density at radius 2 is 2.14 bits per heavy atom. The van der Waals surface area contributed by atoms with Crippen molar-refractivity contribution in [1.82, 2.24) is 5.32 Å². The minimum absolute atomic E-state index is 0.476. The molecule has 2 rings (SSSR count). The molecule has 1 N–H and O–H groups in total. The highest BCUT2D eigenvalue weighted by Crippen LogP contribution is 2.05. The van der Waals surface area contributed by atoms with E-state index in [1.54, 1.807) is 0 Å². The number of aliphatic imine (C=N–C) groups is 1. The summed E-state index contributed by atoms with van der Waals surface area (Å²) >= 11 is 0. The third kappa shape index (κ3) is 2.67. The monoisotopic (exact) mass is 188 g/mol. The maximum Gasteiger partial charge on any atom is 0.0624 e. The topological polar surface area (TPSA) is 24.4 Å². The molecule has 0 aliphatic carbocycles. The van der Waals surface area contributed by atoms with Crippen molar-refractivity contribution in [2.75, 3.05) is 13.1 Å². The van der Waals surface area contributed by atoms with Gasteiger partial charge in [0.2, 0.25) is 0 Å². The highest BCUT2D eigenvalue weighted by Gasteiger charge is 2.09. The third-order valence-electron chi connectivity index (χ3n) is 2.50. The number of nitrogens with one attached hydrogen (secondary N) is 1. The van der Waals surface area contributed by atoms with Crippen LogP contribution in [-0.2, 0) is 0 Å². The molecule has 1 aromatic rings. The maximum atomic E-state index is 4.57. The summed E-state index contributed by atoms with van der Waals surface area (Å²) < 4.78 is 0. The second-order valence-electron chi connectivity index (χ2n) is 3.69. The number of benzene rings is 1. The highest BCUT2D eigenvalue weighted by atomic mass is 14.9. The van der Waals surface area contributed by atoms with Crippen LogP contribution >= 0.6 is 0 Å². The Labute approximate surface area is 85.1 Å². The van der Waals surface area contributed by atoms with Crippen LogP contribution in [0.4, 0.5) is 0 Å². The summed E-state index contributed by atoms with van der Waals surface area (Å²) in [6.45, 7) is 2.18. The summed E-state index contributed by atoms with van der Waals surface area (Å²) in [6, 6.07) is 10.8. The predicted molar refractivity (Wildman–Crippen MR) is 59.9 cm³/mol. The van der Waals surface area contributed by atoms with Gasteiger partial charge in [0.15, 0.2) is 0 Å². The molecule has 0 aromatic heterocycles. The molecule has 74 valence electrons. The molecule has 0 spiro atoms. The molecule has 0 radical (unpaired) electrons. The van der Waals surface area contributed by atoms with Crippen molar-refractivity contribution in [2.24, 2.45) is 4.99 Å². The van der Waals surface area contributed by atoms with Crippen LogP contribution in [0.15, 0.2) is 35.3 Å². The maximum absolute atomic E-state index is 4.57. The normalized spacial score (nSPS) is 22.7. The van der Waals surface area contributed by atoms with Crippen LogP contribution in [0, 0.1) is 0 Å². The Balaban J connectivity index is 1.93. The predicted octanol–water partition coefficient (Wildman–Crippen LogP) is 1.86. The zero-order valence-corrected chi connectivity index (χ0v) is 8.32. The van der Waals surface area contributed by atoms with E-state index in [1.165, 1.54) is 18.4 Å². The number of rotatable bonds is 2. The Kier molecular flexibility index (Phi) is 3.30. The third-order valence-corrected chi connectivity index (χ3v) is 2.50. The number of hydrogen-bond acceptors (Lipinski definition) is 2. The lowest BCUT2D eigenvalue weighted by molar-refractivity contribution is 0.462. The van der Waals surface area contributed by atoms with Crippen LogP contribution in [0.1, 0.15) is 18.4 Å². The molecule has 14 heavy (non-hydrogen) atoms. The molecule has 0 saturated carbocycles. The van der Waals surface area contributed by atoms with E-state index < -0.39 is 0 Å². The van der Waals surface area contributed by atoms with Gasteiger partial charge >= 0.3 is 0 Å². The summed E-state index contributed by atoms with van der Waals surface area (Å²) in [5.41, 5.74) is 1.19. The lowest BCUT2D eigenvalue weighted by atomic mass is 10.1. The van der Waals surface area contributed by atoms with Crippen LogP contribution in [0.3, 0.4) is 0 Å². The molecule has 1 aliphatic heterocycles. The molecule has 2 nitrogen and oxygen atoms in total. The first-order valence-corrected chi connectivity index (χ1v) is 5.24. The molecule has 1 aromatic carbocycles. The van der Waals surface area contributed by atoms with Gasteiger partial charge in [-0.15, -0.1) is 0 Å². The minimum Gasteiger partial charge on any atom is -0.315 e. The van der Waals surface area contributed by atoms with Crippen LogP contribution in [0.5, 0.6) is 0 Å². The van der Waals surface area contributed by atoms with E-state index >= 15 is 0 Å². The first kappa shape index (κ1) is 9.41. The van der Waals surface area contributed by atoms with Gasteiger partial charge in [-0.1, -0.05) is 30.3 Å². The zero-order chi connectivity index (χ0) is 9.64. The van der Waals surface area contributed by atoms with E-state index in [0.717, 1.165) is 13.1 Å². The Morgan fingerprint density at radius 3 is 2.86 bits per heavy atom. The first-order chi connectivity index (χ1) is 6.95. The SMILES string of the molecule is C(=N\[C@@H]1CCCNC1)/c1ccccc1. The van der Waals surface area contributed by atoms with Crippen molar-refractivity contribution < 1.29 is 0 Å². The molecule has 1 heterocycles. The van der Waals surface area contributed by atoms with Gasteiger partial charge in [-0.2, -0.15) is 0 Å². The van der Waals surface area contributed by atoms with Gasteiger partial charge in [0.1, 0.15) is 0 Å². The zero-order valence-electron chi connectivity index (χ0n) is 8.32. The average Bonchev–Trinajstić information content (AvgIpc) is 2.29. The molecular formula is C12H16N2. The van der Waals surface area contributed by atoms with Gasteiger partial charge in [-0.05, 0) is 24.9 Å². The van der Waals surface area contributed by atoms with Crippen molar-refractivity contribution in [3.63, 3.8) is 0 Å². The molecule has 0 bridgehead atoms. The van der Waals surface area contributed by atoms with E-state index in [9.17, 15) is 0 Å². The van der Waals surface area contributed by atoms with E-state index in [4.69, 9.17) is 0 Å². The Hall–Kier alpha value is -1.15. The smallest absolute Gasteiger partial charge is 0.0624 e. The van der Waals surface area contributed by atoms with Crippen LogP contribution in [0.25, 0.3) is 0 Å². The van der Waals surface area contributed by atoms with Gasteiger partial charge in [0.25, 0.3) is 0 Å². The number of hydrogen-bond donors (Lipinski definition) is 1. The highest BCUT2D eigenvalue weighted by molar-refractivity contribution is 5.79. The summed E-state index contributed by atoms with van der Waals surface area (Å²) in [4.78, 5) is 4.57. The van der Waals surface area contributed by atoms with Crippen LogP contribution in [-0.4, -0.2) is 25.3 Å². The number of nitrogens with zero attached hydrogens (tertiary/aromatic N) is 1. The fraction of sp³-hybridized carbons (Fsp3) is 0.417. The summed E-state index contributed by atoms with van der Waals surface area (Å²) in [5.74, 6) is 0. The van der Waals surface area contributed by atoms with Crippen molar-refractivity contribution in [3.05, 3.63) is 35.9 Å². The van der Waals surface area contributed by atoms with Crippen molar-refractivity contribution in [2.45, 2.75) is 18.9 Å². The van der Waals surface area contributed by atoms with E-state index in [0.29, 0.717) is 6.04 Å². The molecule has 0 amide bonds. The Morgan fingerprint density at radius 1 is 1.29 bits per heavy atom. The fourth-order valence-corrected chi connectivity index (χ4v) is 1.69. The van der Waals surface area contributed by atoms with E-state index in [2.05, 4.69) is 22.4 Å².